The predicted molar refractivity (Wildman–Crippen MR) is 113 cm³/mol. The fourth-order valence-electron chi connectivity index (χ4n) is 4.16. The first-order valence-corrected chi connectivity index (χ1v) is 10.8. The Labute approximate surface area is 197 Å². The molecule has 13 heteroatoms. The number of carbonyl (C=O) groups excluding carboxylic acids is 2. The van der Waals surface area contributed by atoms with Gasteiger partial charge in [-0.15, -0.1) is 0 Å². The van der Waals surface area contributed by atoms with Crippen molar-refractivity contribution in [3.63, 3.8) is 0 Å². The highest BCUT2D eigenvalue weighted by atomic mass is 19.4. The van der Waals surface area contributed by atoms with Gasteiger partial charge in [0, 0.05) is 56.4 Å². The van der Waals surface area contributed by atoms with E-state index in [1.54, 1.807) is 17.2 Å². The van der Waals surface area contributed by atoms with Crippen molar-refractivity contribution in [1.29, 1.82) is 0 Å². The first kappa shape index (κ1) is 26.0. The minimum Gasteiger partial charge on any atom is -0.475 e. The Bertz CT molecular complexity index is 1050. The fourth-order valence-corrected chi connectivity index (χ4v) is 4.16. The molecule has 188 valence electrons. The van der Waals surface area contributed by atoms with Crippen molar-refractivity contribution < 1.29 is 37.1 Å². The number of carbonyl (C=O) groups is 3. The molecule has 0 aliphatic carbocycles. The first-order valence-electron chi connectivity index (χ1n) is 10.8. The van der Waals surface area contributed by atoms with E-state index in [2.05, 4.69) is 15.0 Å². The van der Waals surface area contributed by atoms with Gasteiger partial charge in [-0.3, -0.25) is 14.6 Å². The van der Waals surface area contributed by atoms with Gasteiger partial charge in [-0.25, -0.2) is 14.8 Å². The van der Waals surface area contributed by atoms with Crippen molar-refractivity contribution in [3.05, 3.63) is 54.1 Å². The number of nitrogens with zero attached hydrogens (tertiary/aromatic N) is 5. The molecule has 1 spiro atoms. The molecule has 2 saturated heterocycles. The zero-order valence-electron chi connectivity index (χ0n) is 18.5. The Morgan fingerprint density at radius 3 is 1.89 bits per heavy atom. The number of hydrogen-bond acceptors (Lipinski definition) is 6. The number of amides is 2. The fraction of sp³-hybridized carbons (Fsp3) is 0.455. The number of halogens is 4. The Hall–Kier alpha value is -3.64. The number of aliphatic carboxylic acids is 1. The third kappa shape index (κ3) is 6.70. The summed E-state index contributed by atoms with van der Waals surface area (Å²) >= 11 is 0. The number of piperidine rings is 2. The van der Waals surface area contributed by atoms with E-state index in [1.165, 1.54) is 24.7 Å². The van der Waals surface area contributed by atoms with Crippen LogP contribution in [0, 0.1) is 11.4 Å². The number of alkyl halides is 3. The minimum absolute atomic E-state index is 0.0738. The number of hydrogen-bond donors (Lipinski definition) is 1. The van der Waals surface area contributed by atoms with Crippen LogP contribution in [0.5, 0.6) is 0 Å². The molecule has 2 aromatic rings. The van der Waals surface area contributed by atoms with Crippen LogP contribution >= 0.6 is 0 Å². The Balaban J connectivity index is 0.000000429. The summed E-state index contributed by atoms with van der Waals surface area (Å²) in [5.41, 5.74) is 0.885. The lowest BCUT2D eigenvalue weighted by Crippen LogP contribution is -2.49. The van der Waals surface area contributed by atoms with Crippen molar-refractivity contribution in [2.75, 3.05) is 26.2 Å². The molecule has 0 aromatic carbocycles. The lowest BCUT2D eigenvalue weighted by molar-refractivity contribution is -0.192. The van der Waals surface area contributed by atoms with Crippen molar-refractivity contribution in [2.45, 2.75) is 31.9 Å². The second-order valence-electron chi connectivity index (χ2n) is 8.35. The Kier molecular flexibility index (Phi) is 7.97. The van der Waals surface area contributed by atoms with Crippen molar-refractivity contribution in [1.82, 2.24) is 24.8 Å². The van der Waals surface area contributed by atoms with Gasteiger partial charge in [0.05, 0.1) is 6.20 Å². The second kappa shape index (κ2) is 10.7. The molecular weight excluding hydrogens is 474 g/mol. The van der Waals surface area contributed by atoms with Crippen LogP contribution in [0.3, 0.4) is 0 Å². The lowest BCUT2D eigenvalue weighted by atomic mass is 9.71. The zero-order chi connectivity index (χ0) is 25.6. The van der Waals surface area contributed by atoms with E-state index in [0.717, 1.165) is 25.7 Å². The minimum atomic E-state index is -5.08. The zero-order valence-corrected chi connectivity index (χ0v) is 18.5. The van der Waals surface area contributed by atoms with Crippen LogP contribution in [-0.4, -0.2) is 80.0 Å². The Morgan fingerprint density at radius 1 is 0.886 bits per heavy atom. The van der Waals surface area contributed by atoms with Crippen molar-refractivity contribution >= 4 is 17.8 Å². The second-order valence-corrected chi connectivity index (χ2v) is 8.35. The van der Waals surface area contributed by atoms with E-state index in [1.807, 2.05) is 4.90 Å². The van der Waals surface area contributed by atoms with Crippen LogP contribution in [0.25, 0.3) is 0 Å². The van der Waals surface area contributed by atoms with Gasteiger partial charge in [0.2, 0.25) is 5.95 Å². The summed E-state index contributed by atoms with van der Waals surface area (Å²) in [6.45, 7) is 2.69. The third-order valence-electron chi connectivity index (χ3n) is 6.22. The van der Waals surface area contributed by atoms with Crippen LogP contribution in [0.15, 0.2) is 36.9 Å². The van der Waals surface area contributed by atoms with Gasteiger partial charge in [-0.1, -0.05) is 0 Å². The summed E-state index contributed by atoms with van der Waals surface area (Å²) in [6.07, 6.45) is 4.46. The average molecular weight is 497 g/mol. The highest BCUT2D eigenvalue weighted by Gasteiger charge is 2.40. The molecule has 4 heterocycles. The summed E-state index contributed by atoms with van der Waals surface area (Å²) in [5.74, 6) is -3.62. The maximum Gasteiger partial charge on any atom is 0.490 e. The average Bonchev–Trinajstić information content (AvgIpc) is 2.84. The number of aromatic nitrogens is 3. The summed E-state index contributed by atoms with van der Waals surface area (Å²) in [6, 6.07) is 2.73. The molecule has 2 fully saturated rings. The van der Waals surface area contributed by atoms with Gasteiger partial charge in [0.15, 0.2) is 0 Å². The van der Waals surface area contributed by atoms with Gasteiger partial charge in [0.1, 0.15) is 5.69 Å². The van der Waals surface area contributed by atoms with Gasteiger partial charge in [-0.2, -0.15) is 17.6 Å². The largest absolute Gasteiger partial charge is 0.490 e. The molecule has 2 aliphatic heterocycles. The highest BCUT2D eigenvalue weighted by Crippen LogP contribution is 2.41. The molecule has 0 atom stereocenters. The van der Waals surface area contributed by atoms with Crippen LogP contribution in [-0.2, 0) is 4.79 Å². The summed E-state index contributed by atoms with van der Waals surface area (Å²) in [5, 5.41) is 7.12. The maximum absolute atomic E-state index is 13.3. The van der Waals surface area contributed by atoms with E-state index in [4.69, 9.17) is 9.90 Å². The molecule has 4 rings (SSSR count). The molecule has 0 saturated carbocycles. The number of pyridine rings is 1. The first-order chi connectivity index (χ1) is 16.5. The lowest BCUT2D eigenvalue weighted by Gasteiger charge is -2.46. The van der Waals surface area contributed by atoms with Crippen LogP contribution in [0.1, 0.15) is 46.5 Å². The quantitative estimate of drug-likeness (QED) is 0.501. The maximum atomic E-state index is 13.3. The SMILES string of the molecule is O=C(O)C(F)(F)F.O=C(c1ccnc(F)c1)N1CCC2(CC1)CCN(C(=O)c1cnccn1)CC2. The predicted octanol–water partition coefficient (Wildman–Crippen LogP) is 2.80. The number of carboxylic acids is 1. The van der Waals surface area contributed by atoms with Crippen LogP contribution in [0.4, 0.5) is 17.6 Å². The third-order valence-corrected chi connectivity index (χ3v) is 6.22. The van der Waals surface area contributed by atoms with E-state index in [0.29, 0.717) is 37.4 Å². The smallest absolute Gasteiger partial charge is 0.475 e. The van der Waals surface area contributed by atoms with E-state index < -0.39 is 18.1 Å². The molecule has 1 N–H and O–H groups in total. The molecular formula is C22H23F4N5O4. The van der Waals surface area contributed by atoms with Crippen LogP contribution < -0.4 is 0 Å². The summed E-state index contributed by atoms with van der Waals surface area (Å²) in [4.78, 5) is 49.2. The number of carboxylic acid groups (broad SMARTS) is 1. The number of rotatable bonds is 2. The van der Waals surface area contributed by atoms with E-state index in [-0.39, 0.29) is 17.2 Å². The van der Waals surface area contributed by atoms with E-state index >= 15 is 0 Å². The van der Waals surface area contributed by atoms with E-state index in [9.17, 15) is 27.2 Å². The number of likely N-dealkylation sites (tertiary alicyclic amines) is 2. The van der Waals surface area contributed by atoms with Crippen molar-refractivity contribution in [3.8, 4) is 0 Å². The standard InChI is InChI=1S/C20H22FN5O2.C2HF3O2/c21-17-13-15(1-6-24-17)18(27)25-9-2-20(3-10-25)4-11-26(12-5-20)19(28)16-14-22-7-8-23-16;3-2(4,5)1(6)7/h1,6-8,13-14H,2-5,9-12H2;(H,6,7). The normalized spacial score (nSPS) is 17.4. The van der Waals surface area contributed by atoms with Gasteiger partial charge >= 0.3 is 12.1 Å². The highest BCUT2D eigenvalue weighted by molar-refractivity contribution is 5.94. The summed E-state index contributed by atoms with van der Waals surface area (Å²) in [7, 11) is 0. The van der Waals surface area contributed by atoms with Crippen molar-refractivity contribution in [2.24, 2.45) is 5.41 Å². The molecule has 35 heavy (non-hydrogen) atoms. The molecule has 9 nitrogen and oxygen atoms in total. The molecule has 2 amide bonds. The van der Waals surface area contributed by atoms with Gasteiger partial charge in [0.25, 0.3) is 11.8 Å². The van der Waals surface area contributed by atoms with Gasteiger partial charge < -0.3 is 14.9 Å². The van der Waals surface area contributed by atoms with Crippen LogP contribution in [0.2, 0.25) is 0 Å². The molecule has 0 bridgehead atoms. The topological polar surface area (TPSA) is 117 Å². The Morgan fingerprint density at radius 2 is 1.43 bits per heavy atom. The molecule has 2 aliphatic rings. The monoisotopic (exact) mass is 497 g/mol. The molecule has 0 unspecified atom stereocenters. The van der Waals surface area contributed by atoms with Gasteiger partial charge in [-0.05, 0) is 37.2 Å². The summed E-state index contributed by atoms with van der Waals surface area (Å²) < 4.78 is 45.0. The molecule has 0 radical (unpaired) electrons. The molecule has 2 aromatic heterocycles.